The highest BCUT2D eigenvalue weighted by molar-refractivity contribution is 7.32. The van der Waals surface area contributed by atoms with E-state index >= 15 is 0 Å². The van der Waals surface area contributed by atoms with Crippen molar-refractivity contribution < 1.29 is 33.4 Å². The molecule has 0 radical (unpaired) electrons. The van der Waals surface area contributed by atoms with Crippen molar-refractivity contribution in [3.05, 3.63) is 0 Å². The van der Waals surface area contributed by atoms with Gasteiger partial charge in [0.25, 0.3) is 0 Å². The van der Waals surface area contributed by atoms with Crippen molar-refractivity contribution in [2.75, 3.05) is 13.2 Å². The van der Waals surface area contributed by atoms with Gasteiger partial charge < -0.3 is 5.48 Å². The summed E-state index contributed by atoms with van der Waals surface area (Å²) in [6.45, 7) is 3.91. The number of hydrogen-bond acceptors (Lipinski definition) is 4. The van der Waals surface area contributed by atoms with Gasteiger partial charge in [0.15, 0.2) is 0 Å². The van der Waals surface area contributed by atoms with Crippen LogP contribution in [0.15, 0.2) is 0 Å². The smallest absolute Gasteiger partial charge is 0.412 e. The maximum Gasteiger partial charge on any atom is 0.694 e. The van der Waals surface area contributed by atoms with Crippen LogP contribution in [0.4, 0.5) is 0 Å². The van der Waals surface area contributed by atoms with Crippen molar-refractivity contribution in [2.24, 2.45) is 0 Å². The second-order valence-electron chi connectivity index (χ2n) is 1.31. The van der Waals surface area contributed by atoms with E-state index in [0.29, 0.717) is 13.2 Å². The van der Waals surface area contributed by atoms with E-state index in [2.05, 4.69) is 9.05 Å². The molecular formula is C4H14O7P2+2. The molecule has 0 aliphatic carbocycles. The van der Waals surface area contributed by atoms with E-state index in [0.717, 1.165) is 0 Å². The Labute approximate surface area is 77.9 Å². The Morgan fingerprint density at radius 1 is 1.00 bits per heavy atom. The highest BCUT2D eigenvalue weighted by atomic mass is 31.1. The monoisotopic (exact) mass is 236 g/mol. The molecule has 0 bridgehead atoms. The van der Waals surface area contributed by atoms with Crippen molar-refractivity contribution >= 4 is 16.5 Å². The van der Waals surface area contributed by atoms with Gasteiger partial charge in [-0.15, -0.1) is 18.8 Å². The first kappa shape index (κ1) is 18.7. The molecule has 0 aromatic heterocycles. The average Bonchev–Trinajstić information content (AvgIpc) is 1.87. The predicted octanol–water partition coefficient (Wildman–Crippen LogP) is 0.520. The molecule has 0 fully saturated rings. The van der Waals surface area contributed by atoms with E-state index in [1.807, 2.05) is 0 Å². The van der Waals surface area contributed by atoms with Gasteiger partial charge in [-0.25, -0.2) is 0 Å². The minimum atomic E-state index is -2.35. The van der Waals surface area contributed by atoms with E-state index in [9.17, 15) is 9.13 Å². The Morgan fingerprint density at radius 3 is 1.23 bits per heavy atom. The molecule has 13 heavy (non-hydrogen) atoms. The van der Waals surface area contributed by atoms with Crippen LogP contribution in [0.3, 0.4) is 0 Å². The lowest BCUT2D eigenvalue weighted by Gasteiger charge is -1.68. The first-order valence-electron chi connectivity index (χ1n) is 3.12. The van der Waals surface area contributed by atoms with Crippen molar-refractivity contribution in [1.82, 2.24) is 0 Å². The van der Waals surface area contributed by atoms with Crippen molar-refractivity contribution in [2.45, 2.75) is 13.8 Å². The molecule has 0 aromatic carbocycles. The fourth-order valence-corrected chi connectivity index (χ4v) is 0.663. The Balaban J connectivity index is -0.000000143. The third-order valence-corrected chi connectivity index (χ3v) is 1.44. The Hall–Kier alpha value is -0.0000000000000000416. The molecule has 0 aliphatic heterocycles. The van der Waals surface area contributed by atoms with Gasteiger partial charge >= 0.3 is 16.5 Å². The summed E-state index contributed by atoms with van der Waals surface area (Å²) in [5, 5.41) is 0. The molecular weight excluding hydrogens is 222 g/mol. The van der Waals surface area contributed by atoms with E-state index in [-0.39, 0.29) is 5.48 Å². The Bertz CT molecular complexity index is 122. The summed E-state index contributed by atoms with van der Waals surface area (Å²) in [4.78, 5) is 15.7. The van der Waals surface area contributed by atoms with E-state index < -0.39 is 16.5 Å². The maximum absolute atomic E-state index is 9.53. The van der Waals surface area contributed by atoms with Gasteiger partial charge in [-0.3, -0.25) is 0 Å². The molecule has 0 saturated carbocycles. The molecule has 0 aromatic rings. The first-order chi connectivity index (χ1) is 5.54. The van der Waals surface area contributed by atoms with E-state index in [4.69, 9.17) is 9.79 Å². The molecule has 0 heterocycles. The third kappa shape index (κ3) is 33.3. The van der Waals surface area contributed by atoms with Crippen LogP contribution >= 0.6 is 16.5 Å². The van der Waals surface area contributed by atoms with Crippen LogP contribution in [0.5, 0.6) is 0 Å². The predicted molar refractivity (Wildman–Crippen MR) is 46.5 cm³/mol. The summed E-state index contributed by atoms with van der Waals surface area (Å²) in [5.41, 5.74) is 0. The van der Waals surface area contributed by atoms with Crippen LogP contribution in [-0.4, -0.2) is 28.5 Å². The number of rotatable bonds is 4. The Kier molecular flexibility index (Phi) is 20.9. The van der Waals surface area contributed by atoms with Gasteiger partial charge in [-0.1, -0.05) is 0 Å². The van der Waals surface area contributed by atoms with Gasteiger partial charge in [0, 0.05) is 9.13 Å². The summed E-state index contributed by atoms with van der Waals surface area (Å²) >= 11 is 0. The zero-order valence-corrected chi connectivity index (χ0v) is 9.12. The molecule has 0 saturated heterocycles. The largest absolute Gasteiger partial charge is 0.694 e. The minimum absolute atomic E-state index is 0. The first-order valence-corrected chi connectivity index (χ1v) is 5.38. The lowest BCUT2D eigenvalue weighted by atomic mass is 10.9. The van der Waals surface area contributed by atoms with E-state index in [1.54, 1.807) is 13.8 Å². The Morgan fingerprint density at radius 2 is 1.23 bits per heavy atom. The molecule has 7 nitrogen and oxygen atoms in total. The van der Waals surface area contributed by atoms with Gasteiger partial charge in [0.1, 0.15) is 13.2 Å². The molecule has 0 aliphatic rings. The molecule has 9 heteroatoms. The summed E-state index contributed by atoms with van der Waals surface area (Å²) in [5.74, 6) is 0. The minimum Gasteiger partial charge on any atom is -0.412 e. The molecule has 0 spiro atoms. The molecule has 0 rings (SSSR count). The van der Waals surface area contributed by atoms with Gasteiger partial charge in [0.2, 0.25) is 0 Å². The molecule has 2 unspecified atom stereocenters. The second-order valence-corrected chi connectivity index (χ2v) is 2.78. The lowest BCUT2D eigenvalue weighted by Crippen LogP contribution is -1.72. The second kappa shape index (κ2) is 14.5. The third-order valence-electron chi connectivity index (χ3n) is 0.479. The SMILES string of the molecule is CCO[P+](=O)O.CCO[P+](=O)O.O. The fraction of sp³-hybridized carbons (Fsp3) is 1.00. The zero-order chi connectivity index (χ0) is 9.98. The van der Waals surface area contributed by atoms with Gasteiger partial charge in [-0.05, 0) is 13.8 Å². The van der Waals surface area contributed by atoms with Crippen LogP contribution in [-0.2, 0) is 18.2 Å². The van der Waals surface area contributed by atoms with Crippen LogP contribution < -0.4 is 0 Å². The highest BCUT2D eigenvalue weighted by Crippen LogP contribution is 2.12. The topological polar surface area (TPSA) is 125 Å². The normalized spacial score (nSPS) is 10.5. The van der Waals surface area contributed by atoms with Crippen molar-refractivity contribution in [3.8, 4) is 0 Å². The van der Waals surface area contributed by atoms with Crippen LogP contribution in [0, 0.1) is 0 Å². The summed E-state index contributed by atoms with van der Waals surface area (Å²) in [6.07, 6.45) is 0. The average molecular weight is 236 g/mol. The summed E-state index contributed by atoms with van der Waals surface area (Å²) in [7, 11) is -4.70. The zero-order valence-electron chi connectivity index (χ0n) is 7.34. The van der Waals surface area contributed by atoms with Crippen molar-refractivity contribution in [1.29, 1.82) is 0 Å². The molecule has 2 atom stereocenters. The summed E-state index contributed by atoms with van der Waals surface area (Å²) in [6, 6.07) is 0. The van der Waals surface area contributed by atoms with Crippen LogP contribution in [0.25, 0.3) is 0 Å². The standard InChI is InChI=1S/2C2H5O3P.H2O/c2*1-2-5-6(3)4;/h2*2H2,1H3;1H2/p+2. The quantitative estimate of drug-likeness (QED) is 0.685. The van der Waals surface area contributed by atoms with Crippen LogP contribution in [0.1, 0.15) is 13.8 Å². The highest BCUT2D eigenvalue weighted by Gasteiger charge is 2.07. The van der Waals surface area contributed by atoms with E-state index in [1.165, 1.54) is 0 Å². The molecule has 0 amide bonds. The van der Waals surface area contributed by atoms with Gasteiger partial charge in [-0.2, -0.15) is 0 Å². The molecule has 80 valence electrons. The maximum atomic E-state index is 9.53. The summed E-state index contributed by atoms with van der Waals surface area (Å²) < 4.78 is 27.3. The number of hydrogen-bond donors (Lipinski definition) is 2. The lowest BCUT2D eigenvalue weighted by molar-refractivity contribution is 0.296. The van der Waals surface area contributed by atoms with Crippen LogP contribution in [0.2, 0.25) is 0 Å². The van der Waals surface area contributed by atoms with Gasteiger partial charge in [0.05, 0.1) is 0 Å². The van der Waals surface area contributed by atoms with Crippen molar-refractivity contribution in [3.63, 3.8) is 0 Å². The fourth-order valence-electron chi connectivity index (χ4n) is 0.221. The molecule has 4 N–H and O–H groups in total.